The fraction of sp³-hybridized carbons (Fsp3) is 0.333. The smallest absolute Gasteiger partial charge is 0.143 e. The highest BCUT2D eigenvalue weighted by atomic mass is 16.3. The zero-order chi connectivity index (χ0) is 15.5. The summed E-state index contributed by atoms with van der Waals surface area (Å²) in [4.78, 5) is 1.54. The number of unbranched alkanes of at least 4 members (excludes halogenated alkanes) is 2. The van der Waals surface area contributed by atoms with Gasteiger partial charge in [0.2, 0.25) is 0 Å². The fourth-order valence-electron chi connectivity index (χ4n) is 2.66. The molecule has 0 saturated heterocycles. The number of hydrogen-bond donors (Lipinski definition) is 1. The molecule has 0 bridgehead atoms. The van der Waals surface area contributed by atoms with Gasteiger partial charge in [0.25, 0.3) is 0 Å². The number of rotatable bonds is 5. The Balaban J connectivity index is 2.02. The highest BCUT2D eigenvalue weighted by Gasteiger charge is 2.11. The van der Waals surface area contributed by atoms with Gasteiger partial charge in [0, 0.05) is 0 Å². The molecule has 0 aliphatic carbocycles. The van der Waals surface area contributed by atoms with E-state index >= 15 is 0 Å². The van der Waals surface area contributed by atoms with Crippen LogP contribution in [0.4, 0.5) is 0 Å². The summed E-state index contributed by atoms with van der Waals surface area (Å²) >= 11 is 0. The number of fused-ring (bicyclic) bond motifs is 1. The monoisotopic (exact) mass is 295 g/mol. The van der Waals surface area contributed by atoms with E-state index in [1.165, 1.54) is 23.2 Å². The van der Waals surface area contributed by atoms with Crippen molar-refractivity contribution in [3.8, 4) is 11.4 Å². The Morgan fingerprint density at radius 1 is 1.09 bits per heavy atom. The number of aryl methyl sites for hydroxylation is 2. The number of benzene rings is 2. The van der Waals surface area contributed by atoms with E-state index in [0.29, 0.717) is 5.69 Å². The van der Waals surface area contributed by atoms with E-state index < -0.39 is 0 Å². The third-order valence-electron chi connectivity index (χ3n) is 3.89. The summed E-state index contributed by atoms with van der Waals surface area (Å²) in [5, 5.41) is 19.2. The molecule has 0 unspecified atom stereocenters. The topological polar surface area (TPSA) is 50.9 Å². The molecule has 2 aromatic carbocycles. The van der Waals surface area contributed by atoms with Gasteiger partial charge in [-0.05, 0) is 49.1 Å². The minimum absolute atomic E-state index is 0.193. The fourth-order valence-corrected chi connectivity index (χ4v) is 2.66. The van der Waals surface area contributed by atoms with E-state index in [1.54, 1.807) is 6.07 Å². The number of hydrogen-bond acceptors (Lipinski definition) is 3. The molecule has 0 fully saturated rings. The first-order chi connectivity index (χ1) is 10.7. The third-order valence-corrected chi connectivity index (χ3v) is 3.89. The van der Waals surface area contributed by atoms with Crippen LogP contribution in [-0.4, -0.2) is 20.1 Å². The predicted molar refractivity (Wildman–Crippen MR) is 88.5 cm³/mol. The SMILES string of the molecule is CCCCCc1cccc2nn(-c3cc(C)ccc3O)nc12. The van der Waals surface area contributed by atoms with Crippen LogP contribution >= 0.6 is 0 Å². The summed E-state index contributed by atoms with van der Waals surface area (Å²) in [7, 11) is 0. The van der Waals surface area contributed by atoms with Crippen molar-refractivity contribution in [2.45, 2.75) is 39.5 Å². The van der Waals surface area contributed by atoms with Crippen molar-refractivity contribution in [2.24, 2.45) is 0 Å². The summed E-state index contributed by atoms with van der Waals surface area (Å²) in [6, 6.07) is 11.6. The van der Waals surface area contributed by atoms with Crippen molar-refractivity contribution in [3.63, 3.8) is 0 Å². The maximum absolute atomic E-state index is 10.1. The van der Waals surface area contributed by atoms with Crippen LogP contribution < -0.4 is 0 Å². The first kappa shape index (κ1) is 14.6. The van der Waals surface area contributed by atoms with Gasteiger partial charge in [-0.1, -0.05) is 38.0 Å². The standard InChI is InChI=1S/C18H21N3O/c1-3-4-5-7-14-8-6-9-15-18(14)20-21(19-15)16-12-13(2)10-11-17(16)22/h6,8-12,22H,3-5,7H2,1-2H3. The van der Waals surface area contributed by atoms with Crippen molar-refractivity contribution in [3.05, 3.63) is 47.5 Å². The number of phenolic OH excluding ortho intramolecular Hbond substituents is 1. The van der Waals surface area contributed by atoms with Gasteiger partial charge in [-0.2, -0.15) is 0 Å². The molecule has 1 heterocycles. The van der Waals surface area contributed by atoms with E-state index in [0.717, 1.165) is 29.4 Å². The Hall–Kier alpha value is -2.36. The van der Waals surface area contributed by atoms with Gasteiger partial charge in [0.05, 0.1) is 0 Å². The number of aromatic nitrogens is 3. The van der Waals surface area contributed by atoms with Crippen LogP contribution in [0.25, 0.3) is 16.7 Å². The second kappa shape index (κ2) is 6.18. The second-order valence-corrected chi connectivity index (χ2v) is 5.72. The average Bonchev–Trinajstić information content (AvgIpc) is 2.94. The molecule has 0 radical (unpaired) electrons. The van der Waals surface area contributed by atoms with E-state index in [1.807, 2.05) is 31.2 Å². The molecule has 0 aliphatic heterocycles. The molecule has 0 aliphatic rings. The van der Waals surface area contributed by atoms with Crippen molar-refractivity contribution in [2.75, 3.05) is 0 Å². The summed E-state index contributed by atoms with van der Waals surface area (Å²) in [6.07, 6.45) is 4.62. The second-order valence-electron chi connectivity index (χ2n) is 5.72. The largest absolute Gasteiger partial charge is 0.506 e. The minimum Gasteiger partial charge on any atom is -0.506 e. The maximum atomic E-state index is 10.1. The Morgan fingerprint density at radius 3 is 2.77 bits per heavy atom. The van der Waals surface area contributed by atoms with Crippen LogP contribution in [0.1, 0.15) is 37.3 Å². The molecule has 0 atom stereocenters. The minimum atomic E-state index is 0.193. The summed E-state index contributed by atoms with van der Waals surface area (Å²) in [6.45, 7) is 4.19. The molecule has 22 heavy (non-hydrogen) atoms. The van der Waals surface area contributed by atoms with Crippen molar-refractivity contribution >= 4 is 11.0 Å². The molecule has 114 valence electrons. The summed E-state index contributed by atoms with van der Waals surface area (Å²) in [5.74, 6) is 0.193. The highest BCUT2D eigenvalue weighted by Crippen LogP contribution is 2.24. The van der Waals surface area contributed by atoms with Crippen molar-refractivity contribution < 1.29 is 5.11 Å². The van der Waals surface area contributed by atoms with Crippen LogP contribution in [0, 0.1) is 6.92 Å². The lowest BCUT2D eigenvalue weighted by Gasteiger charge is -2.03. The molecule has 4 heteroatoms. The molecule has 1 N–H and O–H groups in total. The summed E-state index contributed by atoms with van der Waals surface area (Å²) < 4.78 is 0. The number of aromatic hydroxyl groups is 1. The molecule has 0 spiro atoms. The molecule has 3 rings (SSSR count). The third kappa shape index (κ3) is 2.82. The van der Waals surface area contributed by atoms with E-state index in [-0.39, 0.29) is 5.75 Å². The average molecular weight is 295 g/mol. The lowest BCUT2D eigenvalue weighted by Crippen LogP contribution is -1.99. The van der Waals surface area contributed by atoms with E-state index in [2.05, 4.69) is 23.2 Å². The predicted octanol–water partition coefficient (Wildman–Crippen LogP) is 4.17. The number of phenols is 1. The van der Waals surface area contributed by atoms with Crippen LogP contribution in [0.15, 0.2) is 36.4 Å². The normalized spacial score (nSPS) is 11.2. The molecule has 4 nitrogen and oxygen atoms in total. The molecular weight excluding hydrogens is 274 g/mol. The van der Waals surface area contributed by atoms with Gasteiger partial charge in [0.15, 0.2) is 0 Å². The van der Waals surface area contributed by atoms with Crippen LogP contribution in [0.2, 0.25) is 0 Å². The maximum Gasteiger partial charge on any atom is 0.143 e. The summed E-state index contributed by atoms with van der Waals surface area (Å²) in [5.41, 5.74) is 4.71. The lowest BCUT2D eigenvalue weighted by molar-refractivity contribution is 0.467. The molecule has 0 saturated carbocycles. The quantitative estimate of drug-likeness (QED) is 0.719. The van der Waals surface area contributed by atoms with Gasteiger partial charge in [-0.3, -0.25) is 0 Å². The highest BCUT2D eigenvalue weighted by molar-refractivity contribution is 5.77. The van der Waals surface area contributed by atoms with Crippen LogP contribution in [0.3, 0.4) is 0 Å². The van der Waals surface area contributed by atoms with Gasteiger partial charge in [0.1, 0.15) is 22.5 Å². The van der Waals surface area contributed by atoms with Gasteiger partial charge in [-0.15, -0.1) is 15.0 Å². The first-order valence-corrected chi connectivity index (χ1v) is 7.84. The zero-order valence-corrected chi connectivity index (χ0v) is 13.1. The first-order valence-electron chi connectivity index (χ1n) is 7.84. The molecule has 3 aromatic rings. The van der Waals surface area contributed by atoms with Gasteiger partial charge >= 0.3 is 0 Å². The Bertz CT molecular complexity index is 792. The van der Waals surface area contributed by atoms with Crippen LogP contribution in [-0.2, 0) is 6.42 Å². The Morgan fingerprint density at radius 2 is 1.95 bits per heavy atom. The van der Waals surface area contributed by atoms with Crippen molar-refractivity contribution in [1.82, 2.24) is 15.0 Å². The molecular formula is C18H21N3O. The van der Waals surface area contributed by atoms with Gasteiger partial charge < -0.3 is 5.11 Å². The zero-order valence-electron chi connectivity index (χ0n) is 13.1. The van der Waals surface area contributed by atoms with E-state index in [4.69, 9.17) is 0 Å². The molecule has 0 amide bonds. The lowest BCUT2D eigenvalue weighted by atomic mass is 10.1. The van der Waals surface area contributed by atoms with Gasteiger partial charge in [-0.25, -0.2) is 0 Å². The Kier molecular flexibility index (Phi) is 4.09. The Labute approximate surface area is 130 Å². The number of nitrogens with zero attached hydrogens (tertiary/aromatic N) is 3. The molecule has 1 aromatic heterocycles. The van der Waals surface area contributed by atoms with E-state index in [9.17, 15) is 5.11 Å². The van der Waals surface area contributed by atoms with Crippen LogP contribution in [0.5, 0.6) is 5.75 Å². The van der Waals surface area contributed by atoms with Crippen molar-refractivity contribution in [1.29, 1.82) is 0 Å².